The first kappa shape index (κ1) is 22.7. The molecule has 3 aromatic carbocycles. The number of nitrogens with zero attached hydrogens (tertiary/aromatic N) is 1. The minimum atomic E-state index is -0.488. The molecule has 0 aliphatic carbocycles. The lowest BCUT2D eigenvalue weighted by Crippen LogP contribution is -2.16. The van der Waals surface area contributed by atoms with Crippen LogP contribution in [0.15, 0.2) is 83.6 Å². The molecule has 0 saturated carbocycles. The topological polar surface area (TPSA) is 63.8 Å². The molecular weight excluding hydrogens is 611 g/mol. The monoisotopic (exact) mass is 622 g/mol. The molecule has 0 atom stereocenters. The van der Waals surface area contributed by atoms with E-state index in [1.807, 2.05) is 18.2 Å². The molecule has 1 amide bonds. The summed E-state index contributed by atoms with van der Waals surface area (Å²) in [6, 6.07) is 16.9. The van der Waals surface area contributed by atoms with Gasteiger partial charge in [0.1, 0.15) is 23.8 Å². The summed E-state index contributed by atoms with van der Waals surface area (Å²) < 4.78 is 27.3. The number of nitrogens with one attached hydrogen (secondary N) is 1. The lowest BCUT2D eigenvalue weighted by atomic mass is 10.2. The van der Waals surface area contributed by atoms with Crippen LogP contribution in [0.4, 0.5) is 4.39 Å². The highest BCUT2D eigenvalue weighted by molar-refractivity contribution is 9.11. The van der Waals surface area contributed by atoms with Gasteiger partial charge in [-0.15, -0.1) is 0 Å². The highest BCUT2D eigenvalue weighted by Crippen LogP contribution is 2.31. The normalized spacial score (nSPS) is 11.2. The zero-order valence-electron chi connectivity index (χ0n) is 16.2. The van der Waals surface area contributed by atoms with E-state index in [1.54, 1.807) is 30.3 Å². The minimum absolute atomic E-state index is 0.132. The number of halogens is 4. The number of carbonyl (C=O) groups is 1. The van der Waals surface area contributed by atoms with E-state index in [-0.39, 0.29) is 18.2 Å². The molecule has 0 saturated heterocycles. The Morgan fingerprint density at radius 1 is 1.06 bits per heavy atom. The fraction of sp³-hybridized carbons (Fsp3) is 0.0435. The van der Waals surface area contributed by atoms with Gasteiger partial charge in [-0.2, -0.15) is 5.10 Å². The molecule has 0 fully saturated rings. The van der Waals surface area contributed by atoms with Gasteiger partial charge in [-0.05, 0) is 70.0 Å². The van der Waals surface area contributed by atoms with Crippen molar-refractivity contribution in [3.63, 3.8) is 0 Å². The van der Waals surface area contributed by atoms with E-state index in [4.69, 9.17) is 9.15 Å². The number of furan rings is 1. The van der Waals surface area contributed by atoms with Crippen LogP contribution < -0.4 is 10.2 Å². The number of hydrazone groups is 1. The second-order valence-corrected chi connectivity index (χ2v) is 9.40. The van der Waals surface area contributed by atoms with Crippen molar-refractivity contribution in [2.75, 3.05) is 0 Å². The maximum absolute atomic E-state index is 13.4. The Kier molecular flexibility index (Phi) is 7.07. The van der Waals surface area contributed by atoms with E-state index in [2.05, 4.69) is 58.3 Å². The van der Waals surface area contributed by atoms with Gasteiger partial charge < -0.3 is 9.15 Å². The van der Waals surface area contributed by atoms with Crippen LogP contribution in [0.25, 0.3) is 11.0 Å². The summed E-state index contributed by atoms with van der Waals surface area (Å²) in [5.41, 5.74) is 4.36. The summed E-state index contributed by atoms with van der Waals surface area (Å²) in [6.07, 6.45) is 1.47. The molecule has 1 heterocycles. The van der Waals surface area contributed by atoms with Crippen molar-refractivity contribution in [1.82, 2.24) is 5.43 Å². The second kappa shape index (κ2) is 9.97. The Hall–Kier alpha value is -2.49. The molecule has 1 N–H and O–H groups in total. The van der Waals surface area contributed by atoms with Crippen LogP contribution in [-0.2, 0) is 6.61 Å². The highest BCUT2D eigenvalue weighted by Gasteiger charge is 2.14. The average molecular weight is 625 g/mol. The van der Waals surface area contributed by atoms with Gasteiger partial charge in [0.15, 0.2) is 5.76 Å². The number of fused-ring (bicyclic) bond motifs is 1. The summed E-state index contributed by atoms with van der Waals surface area (Å²) in [6.45, 7) is 0.190. The highest BCUT2D eigenvalue weighted by atomic mass is 79.9. The number of ether oxygens (including phenoxy) is 1. The van der Waals surface area contributed by atoms with Crippen molar-refractivity contribution in [2.45, 2.75) is 6.61 Å². The number of hydrogen-bond acceptors (Lipinski definition) is 4. The van der Waals surface area contributed by atoms with Crippen LogP contribution >= 0.6 is 47.8 Å². The largest absolute Gasteiger partial charge is 0.488 e. The molecule has 0 unspecified atom stereocenters. The number of rotatable bonds is 6. The quantitative estimate of drug-likeness (QED) is 0.182. The van der Waals surface area contributed by atoms with Crippen LogP contribution in [0.3, 0.4) is 0 Å². The minimum Gasteiger partial charge on any atom is -0.488 e. The van der Waals surface area contributed by atoms with Crippen LogP contribution in [-0.4, -0.2) is 12.1 Å². The van der Waals surface area contributed by atoms with Gasteiger partial charge in [0.2, 0.25) is 0 Å². The van der Waals surface area contributed by atoms with E-state index in [0.29, 0.717) is 22.5 Å². The molecule has 5 nitrogen and oxygen atoms in total. The second-order valence-electron chi connectivity index (χ2n) is 6.72. The van der Waals surface area contributed by atoms with Crippen LogP contribution in [0.2, 0.25) is 0 Å². The first-order valence-electron chi connectivity index (χ1n) is 9.28. The van der Waals surface area contributed by atoms with E-state index in [0.717, 1.165) is 18.8 Å². The summed E-state index contributed by atoms with van der Waals surface area (Å²) in [4.78, 5) is 12.5. The fourth-order valence-corrected chi connectivity index (χ4v) is 4.66. The predicted molar refractivity (Wildman–Crippen MR) is 132 cm³/mol. The van der Waals surface area contributed by atoms with Crippen molar-refractivity contribution in [3.05, 3.63) is 96.8 Å². The van der Waals surface area contributed by atoms with Crippen LogP contribution in [0, 0.1) is 5.82 Å². The lowest BCUT2D eigenvalue weighted by molar-refractivity contribution is 0.0929. The Balaban J connectivity index is 1.47. The van der Waals surface area contributed by atoms with Gasteiger partial charge in [0.25, 0.3) is 0 Å². The molecule has 162 valence electrons. The Morgan fingerprint density at radius 3 is 2.72 bits per heavy atom. The van der Waals surface area contributed by atoms with Gasteiger partial charge in [-0.25, -0.2) is 9.82 Å². The number of benzene rings is 3. The SMILES string of the molecule is O=C(N/N=C\c1cc(Br)ccc1OCc1cccc(F)c1)c1cc2cc(Br)cc(Br)c2o1. The molecule has 9 heteroatoms. The zero-order chi connectivity index (χ0) is 22.7. The molecule has 0 radical (unpaired) electrons. The molecule has 4 rings (SSSR count). The maximum atomic E-state index is 13.4. The standard InChI is InChI=1S/C23H14Br3FN2O3/c24-16-4-5-20(31-12-13-2-1-3-18(27)6-13)15(8-16)11-28-29-23(30)21-9-14-7-17(25)10-19(26)22(14)32-21/h1-11H,12H2,(H,29,30)/b28-11-. The molecular formula is C23H14Br3FN2O3. The van der Waals surface area contributed by atoms with Gasteiger partial charge in [0, 0.05) is 19.9 Å². The first-order chi connectivity index (χ1) is 15.4. The maximum Gasteiger partial charge on any atom is 0.307 e. The summed E-state index contributed by atoms with van der Waals surface area (Å²) in [7, 11) is 0. The predicted octanol–water partition coefficient (Wildman–Crippen LogP) is 7.20. The summed E-state index contributed by atoms with van der Waals surface area (Å²) in [5.74, 6) is -0.144. The van der Waals surface area contributed by atoms with Crippen molar-refractivity contribution < 1.29 is 18.3 Å². The van der Waals surface area contributed by atoms with Gasteiger partial charge >= 0.3 is 5.91 Å². The molecule has 32 heavy (non-hydrogen) atoms. The third kappa shape index (κ3) is 5.46. The molecule has 0 spiro atoms. The Labute approximate surface area is 208 Å². The molecule has 1 aromatic heterocycles. The Bertz CT molecular complexity index is 1340. The molecule has 0 aliphatic heterocycles. The third-order valence-corrected chi connectivity index (χ3v) is 5.92. The lowest BCUT2D eigenvalue weighted by Gasteiger charge is -2.10. The number of hydrogen-bond donors (Lipinski definition) is 1. The van der Waals surface area contributed by atoms with Crippen LogP contribution in [0.1, 0.15) is 21.7 Å². The molecule has 0 bridgehead atoms. The molecule has 4 aromatic rings. The average Bonchev–Trinajstić information content (AvgIpc) is 3.18. The zero-order valence-corrected chi connectivity index (χ0v) is 21.0. The smallest absolute Gasteiger partial charge is 0.307 e. The third-order valence-electron chi connectivity index (χ3n) is 4.38. The summed E-state index contributed by atoms with van der Waals surface area (Å²) in [5, 5.41) is 4.81. The van der Waals surface area contributed by atoms with E-state index in [9.17, 15) is 9.18 Å². The van der Waals surface area contributed by atoms with Crippen molar-refractivity contribution >= 4 is 70.9 Å². The van der Waals surface area contributed by atoms with E-state index < -0.39 is 5.91 Å². The number of carbonyl (C=O) groups excluding carboxylic acids is 1. The van der Waals surface area contributed by atoms with E-state index >= 15 is 0 Å². The summed E-state index contributed by atoms with van der Waals surface area (Å²) >= 11 is 10.2. The fourth-order valence-electron chi connectivity index (χ4n) is 2.94. The van der Waals surface area contributed by atoms with Crippen LogP contribution in [0.5, 0.6) is 5.75 Å². The van der Waals surface area contributed by atoms with Crippen molar-refractivity contribution in [2.24, 2.45) is 5.10 Å². The van der Waals surface area contributed by atoms with Gasteiger partial charge in [-0.1, -0.05) is 44.0 Å². The molecule has 0 aliphatic rings. The first-order valence-corrected chi connectivity index (χ1v) is 11.7. The Morgan fingerprint density at radius 2 is 1.91 bits per heavy atom. The van der Waals surface area contributed by atoms with Gasteiger partial charge in [-0.3, -0.25) is 4.79 Å². The van der Waals surface area contributed by atoms with Crippen molar-refractivity contribution in [1.29, 1.82) is 0 Å². The van der Waals surface area contributed by atoms with Crippen molar-refractivity contribution in [3.8, 4) is 5.75 Å². The van der Waals surface area contributed by atoms with Gasteiger partial charge in [0.05, 0.1) is 10.7 Å². The van der Waals surface area contributed by atoms with E-state index in [1.165, 1.54) is 18.3 Å². The number of amides is 1.